The van der Waals surface area contributed by atoms with E-state index >= 15 is 0 Å². The molecule has 2 aromatic rings. The molecule has 1 heterocycles. The monoisotopic (exact) mass is 400 g/mol. The van der Waals surface area contributed by atoms with E-state index in [1.165, 1.54) is 4.90 Å². The Balaban J connectivity index is 1.55. The summed E-state index contributed by atoms with van der Waals surface area (Å²) in [5, 5.41) is 28.6. The fraction of sp³-hybridized carbons (Fsp3) is 0.333. The molecule has 154 valence electrons. The van der Waals surface area contributed by atoms with Crippen LogP contribution in [-0.4, -0.2) is 69.7 Å². The lowest BCUT2D eigenvalue weighted by atomic mass is 10.1. The molecule has 1 aliphatic rings. The number of rotatable bonds is 4. The number of aryl methyl sites for hydroxylation is 1. The lowest BCUT2D eigenvalue weighted by molar-refractivity contribution is -0.134. The second kappa shape index (κ2) is 8.30. The summed E-state index contributed by atoms with van der Waals surface area (Å²) in [5.41, 5.74) is 2.15. The second-order valence-electron chi connectivity index (χ2n) is 7.02. The van der Waals surface area contributed by atoms with Crippen molar-refractivity contribution in [2.24, 2.45) is 0 Å². The molecule has 0 radical (unpaired) electrons. The van der Waals surface area contributed by atoms with Gasteiger partial charge in [0.2, 0.25) is 0 Å². The molecular weight excluding hydrogens is 376 g/mol. The topological polar surface area (TPSA) is 111 Å². The largest absolute Gasteiger partial charge is 0.504 e. The van der Waals surface area contributed by atoms with Crippen molar-refractivity contribution in [3.05, 3.63) is 47.0 Å². The van der Waals surface area contributed by atoms with E-state index in [0.717, 1.165) is 23.3 Å². The Morgan fingerprint density at radius 1 is 0.966 bits per heavy atom. The third kappa shape index (κ3) is 4.37. The van der Waals surface area contributed by atoms with Crippen molar-refractivity contribution in [2.45, 2.75) is 13.8 Å². The summed E-state index contributed by atoms with van der Waals surface area (Å²) < 4.78 is 5.66. The minimum absolute atomic E-state index is 0.0656. The molecule has 1 saturated heterocycles. The smallest absolute Gasteiger partial charge is 0.260 e. The van der Waals surface area contributed by atoms with Crippen molar-refractivity contribution in [2.75, 3.05) is 32.8 Å². The van der Waals surface area contributed by atoms with Gasteiger partial charge in [-0.3, -0.25) is 9.59 Å². The van der Waals surface area contributed by atoms with E-state index in [1.54, 1.807) is 4.90 Å². The van der Waals surface area contributed by atoms with Crippen molar-refractivity contribution in [3.63, 3.8) is 0 Å². The summed E-state index contributed by atoms with van der Waals surface area (Å²) in [4.78, 5) is 28.2. The highest BCUT2D eigenvalue weighted by molar-refractivity contribution is 5.95. The Morgan fingerprint density at radius 2 is 1.55 bits per heavy atom. The van der Waals surface area contributed by atoms with Crippen LogP contribution >= 0.6 is 0 Å². The highest BCUT2D eigenvalue weighted by Gasteiger charge is 2.26. The molecule has 2 aromatic carbocycles. The predicted molar refractivity (Wildman–Crippen MR) is 105 cm³/mol. The molecule has 1 fully saturated rings. The van der Waals surface area contributed by atoms with Gasteiger partial charge in [0.25, 0.3) is 11.8 Å². The summed E-state index contributed by atoms with van der Waals surface area (Å²) in [5.74, 6) is -1.66. The van der Waals surface area contributed by atoms with Gasteiger partial charge in [-0.2, -0.15) is 0 Å². The minimum atomic E-state index is -0.666. The summed E-state index contributed by atoms with van der Waals surface area (Å²) in [6.45, 7) is 5.20. The van der Waals surface area contributed by atoms with Gasteiger partial charge in [-0.05, 0) is 43.2 Å². The van der Waals surface area contributed by atoms with E-state index in [0.29, 0.717) is 31.9 Å². The van der Waals surface area contributed by atoms with Crippen molar-refractivity contribution >= 4 is 11.8 Å². The van der Waals surface area contributed by atoms with E-state index in [1.807, 2.05) is 32.0 Å². The Hall–Kier alpha value is -3.42. The lowest BCUT2D eigenvalue weighted by Gasteiger charge is -2.34. The number of piperazine rings is 1. The van der Waals surface area contributed by atoms with E-state index in [-0.39, 0.29) is 18.1 Å². The molecule has 3 N–H and O–H groups in total. The second-order valence-corrected chi connectivity index (χ2v) is 7.02. The van der Waals surface area contributed by atoms with Crippen LogP contribution in [0, 0.1) is 13.8 Å². The summed E-state index contributed by atoms with van der Waals surface area (Å²) >= 11 is 0. The van der Waals surface area contributed by atoms with Crippen molar-refractivity contribution in [1.29, 1.82) is 0 Å². The Kier molecular flexibility index (Phi) is 5.81. The number of phenolic OH excluding ortho intramolecular Hbond substituents is 3. The third-order valence-corrected chi connectivity index (χ3v) is 5.14. The van der Waals surface area contributed by atoms with Gasteiger partial charge in [0.15, 0.2) is 23.9 Å². The molecule has 0 spiro atoms. The number of nitrogens with zero attached hydrogens (tertiary/aromatic N) is 2. The van der Waals surface area contributed by atoms with Crippen LogP contribution in [-0.2, 0) is 4.79 Å². The number of hydrogen-bond acceptors (Lipinski definition) is 6. The Labute approximate surface area is 168 Å². The average Bonchev–Trinajstić information content (AvgIpc) is 2.72. The number of carbonyl (C=O) groups excluding carboxylic acids is 2. The normalized spacial score (nSPS) is 14.0. The molecule has 1 aliphatic heterocycles. The lowest BCUT2D eigenvalue weighted by Crippen LogP contribution is -2.51. The number of hydrogen-bond donors (Lipinski definition) is 3. The molecule has 3 rings (SSSR count). The fourth-order valence-corrected chi connectivity index (χ4v) is 3.18. The molecule has 0 atom stereocenters. The van der Waals surface area contributed by atoms with Gasteiger partial charge in [-0.25, -0.2) is 0 Å². The first-order valence-corrected chi connectivity index (χ1v) is 9.29. The quantitative estimate of drug-likeness (QED) is 0.675. The highest BCUT2D eigenvalue weighted by Crippen LogP contribution is 2.35. The van der Waals surface area contributed by atoms with Gasteiger partial charge in [-0.1, -0.05) is 12.1 Å². The van der Waals surface area contributed by atoms with Crippen molar-refractivity contribution in [1.82, 2.24) is 9.80 Å². The fourth-order valence-electron chi connectivity index (χ4n) is 3.18. The van der Waals surface area contributed by atoms with Gasteiger partial charge in [0.05, 0.1) is 0 Å². The van der Waals surface area contributed by atoms with E-state index < -0.39 is 23.2 Å². The zero-order valence-electron chi connectivity index (χ0n) is 16.4. The molecule has 0 saturated carbocycles. The Morgan fingerprint density at radius 3 is 2.17 bits per heavy atom. The summed E-state index contributed by atoms with van der Waals surface area (Å²) in [6.07, 6.45) is 0. The molecule has 0 aliphatic carbocycles. The van der Waals surface area contributed by atoms with Gasteiger partial charge in [-0.15, -0.1) is 0 Å². The maximum absolute atomic E-state index is 12.6. The molecule has 8 nitrogen and oxygen atoms in total. The zero-order valence-corrected chi connectivity index (χ0v) is 16.4. The minimum Gasteiger partial charge on any atom is -0.504 e. The standard InChI is InChI=1S/C21H24N2O6/c1-13-4-3-5-18(14(13)2)29-12-19(26)22-6-8-23(9-7-22)21(28)15-10-16(24)20(27)17(25)11-15/h3-5,10-11,24-25,27H,6-9,12H2,1-2H3. The predicted octanol–water partition coefficient (Wildman–Crippen LogP) is 1.78. The first-order valence-electron chi connectivity index (χ1n) is 9.29. The third-order valence-electron chi connectivity index (χ3n) is 5.14. The summed E-state index contributed by atoms with van der Waals surface area (Å²) in [6, 6.07) is 7.90. The Bertz CT molecular complexity index is 912. The van der Waals surface area contributed by atoms with Crippen LogP contribution in [0.1, 0.15) is 21.5 Å². The molecule has 0 aromatic heterocycles. The highest BCUT2D eigenvalue weighted by atomic mass is 16.5. The summed E-state index contributed by atoms with van der Waals surface area (Å²) in [7, 11) is 0. The van der Waals surface area contributed by atoms with E-state index in [4.69, 9.17) is 4.74 Å². The zero-order chi connectivity index (χ0) is 21.1. The van der Waals surface area contributed by atoms with E-state index in [2.05, 4.69) is 0 Å². The van der Waals surface area contributed by atoms with Gasteiger partial charge in [0, 0.05) is 31.7 Å². The van der Waals surface area contributed by atoms with Crippen LogP contribution in [0.5, 0.6) is 23.0 Å². The number of benzene rings is 2. The van der Waals surface area contributed by atoms with Crippen LogP contribution < -0.4 is 4.74 Å². The van der Waals surface area contributed by atoms with Crippen LogP contribution in [0.3, 0.4) is 0 Å². The molecule has 0 bridgehead atoms. The number of ether oxygens (including phenoxy) is 1. The molecule has 29 heavy (non-hydrogen) atoms. The number of carbonyl (C=O) groups is 2. The van der Waals surface area contributed by atoms with Gasteiger partial charge >= 0.3 is 0 Å². The average molecular weight is 400 g/mol. The molecular formula is C21H24N2O6. The number of phenols is 3. The van der Waals surface area contributed by atoms with Crippen LogP contribution in [0.4, 0.5) is 0 Å². The maximum Gasteiger partial charge on any atom is 0.260 e. The first kappa shape index (κ1) is 20.3. The van der Waals surface area contributed by atoms with Gasteiger partial charge < -0.3 is 29.9 Å². The van der Waals surface area contributed by atoms with Crippen LogP contribution in [0.15, 0.2) is 30.3 Å². The number of aromatic hydroxyl groups is 3. The van der Waals surface area contributed by atoms with Crippen LogP contribution in [0.25, 0.3) is 0 Å². The molecule has 8 heteroatoms. The first-order chi connectivity index (χ1) is 13.8. The van der Waals surface area contributed by atoms with Crippen LogP contribution in [0.2, 0.25) is 0 Å². The van der Waals surface area contributed by atoms with Gasteiger partial charge in [0.1, 0.15) is 5.75 Å². The molecule has 0 unspecified atom stereocenters. The SMILES string of the molecule is Cc1cccc(OCC(=O)N2CCN(C(=O)c3cc(O)c(O)c(O)c3)CC2)c1C. The van der Waals surface area contributed by atoms with Crippen molar-refractivity contribution < 1.29 is 29.6 Å². The van der Waals surface area contributed by atoms with Crippen molar-refractivity contribution in [3.8, 4) is 23.0 Å². The number of amides is 2. The molecule has 2 amide bonds. The maximum atomic E-state index is 12.6. The van der Waals surface area contributed by atoms with E-state index in [9.17, 15) is 24.9 Å².